The van der Waals surface area contributed by atoms with E-state index in [0.717, 1.165) is 5.56 Å². The van der Waals surface area contributed by atoms with Crippen LogP contribution in [0.15, 0.2) is 36.9 Å². The average molecular weight is 308 g/mol. The van der Waals surface area contributed by atoms with Crippen LogP contribution in [-0.4, -0.2) is 19.9 Å². The Labute approximate surface area is 130 Å². The average Bonchev–Trinajstić information content (AvgIpc) is 2.92. The first kappa shape index (κ1) is 16.0. The molecule has 2 unspecified atom stereocenters. The minimum Gasteiger partial charge on any atom is -0.368 e. The van der Waals surface area contributed by atoms with Gasteiger partial charge in [0.2, 0.25) is 0 Å². The first-order valence-corrected chi connectivity index (χ1v) is 7.45. The highest BCUT2D eigenvalue weighted by Crippen LogP contribution is 2.41. The molecule has 2 atom stereocenters. The molecule has 0 spiro atoms. The minimum absolute atomic E-state index is 0.163. The van der Waals surface area contributed by atoms with Gasteiger partial charge in [0.05, 0.1) is 0 Å². The molecule has 114 valence electrons. The summed E-state index contributed by atoms with van der Waals surface area (Å²) in [6.45, 7) is 8.10. The molecule has 0 aliphatic carbocycles. The maximum Gasteiger partial charge on any atom is 0.164 e. The predicted octanol–water partition coefficient (Wildman–Crippen LogP) is 3.82. The molecule has 0 fully saturated rings. The summed E-state index contributed by atoms with van der Waals surface area (Å²) in [5.41, 5.74) is -0.341. The van der Waals surface area contributed by atoms with Gasteiger partial charge in [-0.15, -0.1) is 0 Å². The Hall–Kier alpha value is -1.39. The van der Waals surface area contributed by atoms with Crippen molar-refractivity contribution in [1.82, 2.24) is 14.8 Å². The summed E-state index contributed by atoms with van der Waals surface area (Å²) >= 11 is 5.93. The fraction of sp³-hybridized carbons (Fsp3) is 0.500. The minimum atomic E-state index is -1.11. The highest BCUT2D eigenvalue weighted by molar-refractivity contribution is 6.30. The first-order chi connectivity index (χ1) is 9.74. The van der Waals surface area contributed by atoms with E-state index in [1.54, 1.807) is 11.0 Å². The van der Waals surface area contributed by atoms with Gasteiger partial charge in [0.1, 0.15) is 12.7 Å². The van der Waals surface area contributed by atoms with Crippen molar-refractivity contribution in [3.05, 3.63) is 47.5 Å². The lowest BCUT2D eigenvalue weighted by atomic mass is 9.76. The van der Waals surface area contributed by atoms with Crippen LogP contribution in [0.2, 0.25) is 5.02 Å². The lowest BCUT2D eigenvalue weighted by Gasteiger charge is -2.41. The Morgan fingerprint density at radius 2 is 1.86 bits per heavy atom. The molecule has 5 heteroatoms. The number of hydrogen-bond acceptors (Lipinski definition) is 3. The Morgan fingerprint density at radius 1 is 1.24 bits per heavy atom. The van der Waals surface area contributed by atoms with Gasteiger partial charge in [-0.25, -0.2) is 9.67 Å². The summed E-state index contributed by atoms with van der Waals surface area (Å²) in [5.74, 6) is 0.163. The highest BCUT2D eigenvalue weighted by Gasteiger charge is 2.43. The molecule has 0 saturated carbocycles. The van der Waals surface area contributed by atoms with Crippen molar-refractivity contribution in [3.63, 3.8) is 0 Å². The predicted molar refractivity (Wildman–Crippen MR) is 84.2 cm³/mol. The maximum atomic E-state index is 11.2. The lowest BCUT2D eigenvalue weighted by molar-refractivity contribution is -0.147. The molecule has 1 aromatic heterocycles. The van der Waals surface area contributed by atoms with Crippen molar-refractivity contribution in [2.45, 2.75) is 45.8 Å². The van der Waals surface area contributed by atoms with Crippen LogP contribution < -0.4 is 0 Å². The van der Waals surface area contributed by atoms with E-state index in [1.165, 1.54) is 6.33 Å². The van der Waals surface area contributed by atoms with Gasteiger partial charge in [0, 0.05) is 16.9 Å². The fourth-order valence-electron chi connectivity index (χ4n) is 2.48. The molecule has 0 saturated heterocycles. The molecule has 4 nitrogen and oxygen atoms in total. The normalized spacial score (nSPS) is 16.5. The van der Waals surface area contributed by atoms with Crippen LogP contribution in [0.5, 0.6) is 0 Å². The van der Waals surface area contributed by atoms with Crippen LogP contribution >= 0.6 is 11.6 Å². The van der Waals surface area contributed by atoms with Crippen molar-refractivity contribution in [1.29, 1.82) is 0 Å². The van der Waals surface area contributed by atoms with E-state index < -0.39 is 5.72 Å². The molecule has 0 amide bonds. The summed E-state index contributed by atoms with van der Waals surface area (Å²) in [4.78, 5) is 3.97. The quantitative estimate of drug-likeness (QED) is 0.934. The number of aliphatic hydroxyl groups is 1. The van der Waals surface area contributed by atoms with E-state index >= 15 is 0 Å². The van der Waals surface area contributed by atoms with Gasteiger partial charge in [-0.3, -0.25) is 0 Å². The molecule has 0 radical (unpaired) electrons. The van der Waals surface area contributed by atoms with E-state index in [9.17, 15) is 5.11 Å². The van der Waals surface area contributed by atoms with Gasteiger partial charge in [-0.05, 0) is 23.6 Å². The van der Waals surface area contributed by atoms with Crippen LogP contribution in [0.4, 0.5) is 0 Å². The van der Waals surface area contributed by atoms with Crippen molar-refractivity contribution >= 4 is 11.6 Å². The number of aromatic nitrogens is 3. The molecule has 0 bridgehead atoms. The van der Waals surface area contributed by atoms with E-state index in [4.69, 9.17) is 11.6 Å². The molecule has 2 rings (SSSR count). The molecule has 0 aliphatic heterocycles. The summed E-state index contributed by atoms with van der Waals surface area (Å²) in [7, 11) is 0. The Morgan fingerprint density at radius 3 is 2.33 bits per heavy atom. The third-order valence-corrected chi connectivity index (χ3v) is 4.28. The molecule has 21 heavy (non-hydrogen) atoms. The Bertz CT molecular complexity index is 575. The van der Waals surface area contributed by atoms with Crippen LogP contribution in [0.3, 0.4) is 0 Å². The smallest absolute Gasteiger partial charge is 0.164 e. The molecule has 2 aromatic rings. The maximum absolute atomic E-state index is 11.2. The Balaban J connectivity index is 2.30. The summed E-state index contributed by atoms with van der Waals surface area (Å²) < 4.78 is 1.55. The number of nitrogens with zero attached hydrogens (tertiary/aromatic N) is 3. The topological polar surface area (TPSA) is 50.9 Å². The summed E-state index contributed by atoms with van der Waals surface area (Å²) in [6, 6.07) is 7.74. The molecule has 1 heterocycles. The first-order valence-electron chi connectivity index (χ1n) is 7.07. The molecule has 1 N–H and O–H groups in total. The number of rotatable bonds is 4. The van der Waals surface area contributed by atoms with Gasteiger partial charge < -0.3 is 5.11 Å². The summed E-state index contributed by atoms with van der Waals surface area (Å²) in [5, 5.41) is 16.1. The van der Waals surface area contributed by atoms with Gasteiger partial charge in [-0.2, -0.15) is 5.10 Å². The van der Waals surface area contributed by atoms with Gasteiger partial charge in [-0.1, -0.05) is 51.4 Å². The van der Waals surface area contributed by atoms with Crippen LogP contribution in [0, 0.1) is 5.41 Å². The largest absolute Gasteiger partial charge is 0.368 e. The standard InChI is InChI=1S/C16H22ClN3O/c1-12(13-5-7-14(17)8-6-13)9-16(21,15(2,3)4)20-11-18-10-19-20/h5-8,10-12,21H,9H2,1-4H3. The molecular formula is C16H22ClN3O. The number of benzene rings is 1. The molecular weight excluding hydrogens is 286 g/mol. The van der Waals surface area contributed by atoms with Gasteiger partial charge in [0.15, 0.2) is 5.72 Å². The molecule has 0 aliphatic rings. The second-order valence-electron chi connectivity index (χ2n) is 6.56. The fourth-order valence-corrected chi connectivity index (χ4v) is 2.60. The second kappa shape index (κ2) is 5.78. The summed E-state index contributed by atoms with van der Waals surface area (Å²) in [6.07, 6.45) is 3.56. The van der Waals surface area contributed by atoms with E-state index in [2.05, 4.69) is 17.0 Å². The SMILES string of the molecule is CC(CC(O)(n1cncn1)C(C)(C)C)c1ccc(Cl)cc1. The monoisotopic (exact) mass is 307 g/mol. The van der Waals surface area contributed by atoms with Crippen LogP contribution in [-0.2, 0) is 5.72 Å². The van der Waals surface area contributed by atoms with Crippen LogP contribution in [0.25, 0.3) is 0 Å². The van der Waals surface area contributed by atoms with Crippen molar-refractivity contribution in [2.24, 2.45) is 5.41 Å². The zero-order valence-corrected chi connectivity index (χ0v) is 13.7. The van der Waals surface area contributed by atoms with Gasteiger partial charge >= 0.3 is 0 Å². The zero-order valence-electron chi connectivity index (χ0n) is 12.9. The van der Waals surface area contributed by atoms with Crippen molar-refractivity contribution in [3.8, 4) is 0 Å². The number of halogens is 1. The number of hydrogen-bond donors (Lipinski definition) is 1. The lowest BCUT2D eigenvalue weighted by Crippen LogP contribution is -2.46. The second-order valence-corrected chi connectivity index (χ2v) is 7.00. The van der Waals surface area contributed by atoms with Gasteiger partial charge in [0.25, 0.3) is 0 Å². The van der Waals surface area contributed by atoms with E-state index in [0.29, 0.717) is 11.4 Å². The zero-order chi connectivity index (χ0) is 15.7. The van der Waals surface area contributed by atoms with E-state index in [1.807, 2.05) is 45.0 Å². The van der Waals surface area contributed by atoms with Crippen molar-refractivity contribution < 1.29 is 5.11 Å². The third-order valence-electron chi connectivity index (χ3n) is 4.03. The Kier molecular flexibility index (Phi) is 4.40. The van der Waals surface area contributed by atoms with E-state index in [-0.39, 0.29) is 11.3 Å². The van der Waals surface area contributed by atoms with Crippen LogP contribution in [0.1, 0.15) is 45.6 Å². The molecule has 1 aromatic carbocycles. The highest BCUT2D eigenvalue weighted by atomic mass is 35.5. The van der Waals surface area contributed by atoms with Crippen molar-refractivity contribution in [2.75, 3.05) is 0 Å². The third kappa shape index (κ3) is 3.27.